The van der Waals surface area contributed by atoms with Crippen LogP contribution in [0.5, 0.6) is 0 Å². The Morgan fingerprint density at radius 3 is 2.71 bits per heavy atom. The van der Waals surface area contributed by atoms with Crippen molar-refractivity contribution in [3.05, 3.63) is 39.7 Å². The summed E-state index contributed by atoms with van der Waals surface area (Å²) < 4.78 is 13.3. The van der Waals surface area contributed by atoms with Crippen LogP contribution in [0.3, 0.4) is 0 Å². The second-order valence-electron chi connectivity index (χ2n) is 4.77. The molecule has 0 aliphatic carbocycles. The molecule has 1 unspecified atom stereocenters. The van der Waals surface area contributed by atoms with Crippen molar-refractivity contribution in [2.45, 2.75) is 25.3 Å². The van der Waals surface area contributed by atoms with Gasteiger partial charge in [-0.1, -0.05) is 0 Å². The summed E-state index contributed by atoms with van der Waals surface area (Å²) in [5.41, 5.74) is -0.888. The van der Waals surface area contributed by atoms with Crippen LogP contribution < -0.4 is 0 Å². The summed E-state index contributed by atoms with van der Waals surface area (Å²) in [6, 6.07) is 1.85. The smallest absolute Gasteiger partial charge is 0.326 e. The predicted molar refractivity (Wildman–Crippen MR) is 69.4 cm³/mol. The number of carboxylic acid groups (broad SMARTS) is 1. The predicted octanol–water partition coefficient (Wildman–Crippen LogP) is 1.81. The molecule has 0 aromatic heterocycles. The number of piperidine rings is 1. The molecule has 1 N–H and O–H groups in total. The van der Waals surface area contributed by atoms with E-state index in [1.165, 1.54) is 4.90 Å². The summed E-state index contributed by atoms with van der Waals surface area (Å²) in [6.45, 7) is 0.265. The van der Waals surface area contributed by atoms with E-state index in [4.69, 9.17) is 5.11 Å². The van der Waals surface area contributed by atoms with Crippen molar-refractivity contribution >= 4 is 17.6 Å². The molecule has 1 aliphatic heterocycles. The number of likely N-dealkylation sites (tertiary alicyclic amines) is 1. The Hall–Kier alpha value is -2.51. The first-order chi connectivity index (χ1) is 9.91. The minimum atomic E-state index is -1.11. The molecule has 2 rings (SSSR count). The molecule has 1 aromatic carbocycles. The molecule has 1 heterocycles. The molecule has 1 atom stereocenters. The van der Waals surface area contributed by atoms with Gasteiger partial charge in [-0.3, -0.25) is 14.9 Å². The highest BCUT2D eigenvalue weighted by Crippen LogP contribution is 2.23. The number of halogens is 1. The summed E-state index contributed by atoms with van der Waals surface area (Å²) >= 11 is 0. The van der Waals surface area contributed by atoms with Gasteiger partial charge in [0.25, 0.3) is 5.91 Å². The molecule has 8 heteroatoms. The summed E-state index contributed by atoms with van der Waals surface area (Å²) in [5.74, 6) is -2.78. The van der Waals surface area contributed by atoms with Gasteiger partial charge in [0.2, 0.25) is 5.82 Å². The van der Waals surface area contributed by atoms with Crippen LogP contribution in [0.2, 0.25) is 0 Å². The lowest BCUT2D eigenvalue weighted by atomic mass is 10.0. The maximum Gasteiger partial charge on any atom is 0.326 e. The van der Waals surface area contributed by atoms with Crippen molar-refractivity contribution in [2.75, 3.05) is 6.54 Å². The molecule has 1 aliphatic rings. The van der Waals surface area contributed by atoms with Crippen LogP contribution in [-0.4, -0.2) is 39.4 Å². The van der Waals surface area contributed by atoms with E-state index >= 15 is 0 Å². The zero-order valence-corrected chi connectivity index (χ0v) is 11.0. The van der Waals surface area contributed by atoms with Gasteiger partial charge in [0.15, 0.2) is 0 Å². The normalized spacial score (nSPS) is 18.3. The molecular formula is C13H13FN2O5. The van der Waals surface area contributed by atoms with E-state index in [1.807, 2.05) is 0 Å². The van der Waals surface area contributed by atoms with Crippen LogP contribution in [0.4, 0.5) is 10.1 Å². The summed E-state index contributed by atoms with van der Waals surface area (Å²) in [7, 11) is 0. The van der Waals surface area contributed by atoms with Crippen molar-refractivity contribution in [2.24, 2.45) is 0 Å². The van der Waals surface area contributed by atoms with E-state index in [0.29, 0.717) is 19.3 Å². The second kappa shape index (κ2) is 5.86. The Morgan fingerprint density at radius 1 is 1.38 bits per heavy atom. The van der Waals surface area contributed by atoms with Crippen LogP contribution in [-0.2, 0) is 4.79 Å². The van der Waals surface area contributed by atoms with E-state index in [2.05, 4.69) is 0 Å². The molecule has 21 heavy (non-hydrogen) atoms. The zero-order valence-electron chi connectivity index (χ0n) is 11.0. The molecule has 1 amide bonds. The minimum absolute atomic E-state index is 0.0868. The Kier molecular flexibility index (Phi) is 4.15. The minimum Gasteiger partial charge on any atom is -0.480 e. The van der Waals surface area contributed by atoms with Gasteiger partial charge in [-0.2, -0.15) is 4.39 Å². The maximum atomic E-state index is 13.3. The molecule has 1 fully saturated rings. The number of nitrogens with zero attached hydrogens (tertiary/aromatic N) is 2. The molecule has 1 aromatic rings. The lowest BCUT2D eigenvalue weighted by Gasteiger charge is -2.32. The largest absolute Gasteiger partial charge is 0.480 e. The lowest BCUT2D eigenvalue weighted by Crippen LogP contribution is -2.48. The Morgan fingerprint density at radius 2 is 2.10 bits per heavy atom. The van der Waals surface area contributed by atoms with Gasteiger partial charge < -0.3 is 10.0 Å². The molecule has 112 valence electrons. The number of amides is 1. The first-order valence-electron chi connectivity index (χ1n) is 6.39. The van der Waals surface area contributed by atoms with Crippen molar-refractivity contribution in [1.29, 1.82) is 0 Å². The molecule has 1 saturated heterocycles. The third-order valence-electron chi connectivity index (χ3n) is 3.44. The van der Waals surface area contributed by atoms with Crippen LogP contribution in [0.25, 0.3) is 0 Å². The highest BCUT2D eigenvalue weighted by molar-refractivity contribution is 5.97. The Labute approximate surface area is 119 Å². The number of nitro benzene ring substituents is 1. The third-order valence-corrected chi connectivity index (χ3v) is 3.44. The number of hydrogen-bond donors (Lipinski definition) is 1. The first-order valence-corrected chi connectivity index (χ1v) is 6.39. The quantitative estimate of drug-likeness (QED) is 0.677. The van der Waals surface area contributed by atoms with Gasteiger partial charge in [-0.05, 0) is 31.4 Å². The van der Waals surface area contributed by atoms with Gasteiger partial charge in [0.1, 0.15) is 6.04 Å². The molecule has 0 saturated carbocycles. The van der Waals surface area contributed by atoms with Crippen molar-refractivity contribution in [3.63, 3.8) is 0 Å². The average Bonchev–Trinajstić information content (AvgIpc) is 2.46. The molecular weight excluding hydrogens is 283 g/mol. The number of hydrogen-bond acceptors (Lipinski definition) is 4. The first kappa shape index (κ1) is 14.9. The third kappa shape index (κ3) is 2.99. The number of benzene rings is 1. The van der Waals surface area contributed by atoms with E-state index in [9.17, 15) is 24.1 Å². The number of aliphatic carboxylic acids is 1. The van der Waals surface area contributed by atoms with Gasteiger partial charge >= 0.3 is 11.7 Å². The highest BCUT2D eigenvalue weighted by atomic mass is 19.1. The van der Waals surface area contributed by atoms with E-state index in [1.54, 1.807) is 0 Å². The fourth-order valence-electron chi connectivity index (χ4n) is 2.38. The molecule has 7 nitrogen and oxygen atoms in total. The number of nitro groups is 1. The number of carboxylic acids is 1. The zero-order chi connectivity index (χ0) is 15.6. The Bertz CT molecular complexity index is 604. The average molecular weight is 296 g/mol. The molecule has 0 bridgehead atoms. The van der Waals surface area contributed by atoms with Gasteiger partial charge in [-0.25, -0.2) is 4.79 Å². The van der Waals surface area contributed by atoms with Crippen LogP contribution in [0.15, 0.2) is 18.2 Å². The van der Waals surface area contributed by atoms with E-state index < -0.39 is 34.3 Å². The fourth-order valence-corrected chi connectivity index (χ4v) is 2.38. The fraction of sp³-hybridized carbons (Fsp3) is 0.385. The van der Waals surface area contributed by atoms with Crippen LogP contribution in [0.1, 0.15) is 29.6 Å². The van der Waals surface area contributed by atoms with Gasteiger partial charge in [0, 0.05) is 18.2 Å². The van der Waals surface area contributed by atoms with Gasteiger partial charge in [-0.15, -0.1) is 0 Å². The highest BCUT2D eigenvalue weighted by Gasteiger charge is 2.33. The number of carbonyl (C=O) groups excluding carboxylic acids is 1. The van der Waals surface area contributed by atoms with Crippen molar-refractivity contribution < 1.29 is 24.0 Å². The topological polar surface area (TPSA) is 101 Å². The molecule has 0 radical (unpaired) electrons. The van der Waals surface area contributed by atoms with Crippen molar-refractivity contribution in [1.82, 2.24) is 4.90 Å². The lowest BCUT2D eigenvalue weighted by molar-refractivity contribution is -0.387. The maximum absolute atomic E-state index is 13.3. The summed E-state index contributed by atoms with van der Waals surface area (Å²) in [6.07, 6.45) is 1.70. The summed E-state index contributed by atoms with van der Waals surface area (Å²) in [4.78, 5) is 34.4. The van der Waals surface area contributed by atoms with E-state index in [0.717, 1.165) is 18.2 Å². The number of rotatable bonds is 3. The van der Waals surface area contributed by atoms with Crippen LogP contribution in [0, 0.1) is 15.9 Å². The molecule has 0 spiro atoms. The van der Waals surface area contributed by atoms with Crippen LogP contribution >= 0.6 is 0 Å². The monoisotopic (exact) mass is 296 g/mol. The number of carbonyl (C=O) groups is 2. The van der Waals surface area contributed by atoms with E-state index in [-0.39, 0.29) is 12.1 Å². The standard InChI is InChI=1S/C13H13FN2O5/c14-9-5-4-8(7-11(9)16(20)21)12(17)15-6-2-1-3-10(15)13(18)19/h4-5,7,10H,1-3,6H2,(H,18,19). The van der Waals surface area contributed by atoms with Crippen molar-refractivity contribution in [3.8, 4) is 0 Å². The summed E-state index contributed by atoms with van der Waals surface area (Å²) in [5, 5.41) is 19.8. The SMILES string of the molecule is O=C(O)C1CCCCN1C(=O)c1ccc(F)c([N+](=O)[O-])c1. The van der Waals surface area contributed by atoms with Gasteiger partial charge in [0.05, 0.1) is 4.92 Å². The second-order valence-corrected chi connectivity index (χ2v) is 4.77. The Balaban J connectivity index is 2.32.